The van der Waals surface area contributed by atoms with Gasteiger partial charge in [0, 0.05) is 12.6 Å². The second-order valence-corrected chi connectivity index (χ2v) is 7.92. The maximum absolute atomic E-state index is 12.2. The van der Waals surface area contributed by atoms with Gasteiger partial charge in [0.25, 0.3) is 0 Å². The van der Waals surface area contributed by atoms with Crippen molar-refractivity contribution in [3.63, 3.8) is 0 Å². The van der Waals surface area contributed by atoms with Crippen LogP contribution in [0.3, 0.4) is 0 Å². The molecule has 1 fully saturated rings. The van der Waals surface area contributed by atoms with Crippen LogP contribution in [0.15, 0.2) is 29.1 Å². The number of imidazole rings is 1. The minimum atomic E-state index is -0.474. The highest BCUT2D eigenvalue weighted by Crippen LogP contribution is 2.26. The molecule has 0 atom stereocenters. The summed E-state index contributed by atoms with van der Waals surface area (Å²) in [5.41, 5.74) is 1.32. The minimum absolute atomic E-state index is 0.0461. The zero-order valence-corrected chi connectivity index (χ0v) is 15.2. The molecule has 0 bridgehead atoms. The molecular formula is C19H27N3O3. The van der Waals surface area contributed by atoms with Crippen LogP contribution in [0, 0.1) is 5.92 Å². The Hall–Kier alpha value is -2.24. The van der Waals surface area contributed by atoms with E-state index in [-0.39, 0.29) is 17.8 Å². The number of para-hydroxylation sites is 2. The number of hydrogen-bond donors (Lipinski definition) is 2. The maximum Gasteiger partial charge on any atom is 0.407 e. The number of nitrogens with one attached hydrogen (secondary N) is 2. The second kappa shape index (κ2) is 6.94. The predicted octanol–water partition coefficient (Wildman–Crippen LogP) is 3.41. The molecular weight excluding hydrogens is 318 g/mol. The fourth-order valence-corrected chi connectivity index (χ4v) is 3.51. The van der Waals surface area contributed by atoms with Crippen molar-refractivity contribution in [1.29, 1.82) is 0 Å². The first kappa shape index (κ1) is 17.6. The summed E-state index contributed by atoms with van der Waals surface area (Å²) in [6.07, 6.45) is 3.48. The molecule has 1 amide bonds. The lowest BCUT2D eigenvalue weighted by Gasteiger charge is -2.30. The van der Waals surface area contributed by atoms with E-state index in [0.717, 1.165) is 43.3 Å². The van der Waals surface area contributed by atoms with Crippen LogP contribution < -0.4 is 11.0 Å². The molecule has 0 aliphatic heterocycles. The smallest absolute Gasteiger partial charge is 0.407 e. The Balaban J connectivity index is 1.55. The van der Waals surface area contributed by atoms with Gasteiger partial charge < -0.3 is 15.0 Å². The van der Waals surface area contributed by atoms with E-state index >= 15 is 0 Å². The van der Waals surface area contributed by atoms with Gasteiger partial charge >= 0.3 is 11.8 Å². The van der Waals surface area contributed by atoms with Crippen LogP contribution in [0.5, 0.6) is 0 Å². The van der Waals surface area contributed by atoms with Gasteiger partial charge in [0.05, 0.1) is 11.0 Å². The number of rotatable bonds is 3. The van der Waals surface area contributed by atoms with Crippen LogP contribution in [0.2, 0.25) is 0 Å². The number of aromatic nitrogens is 2. The Labute approximate surface area is 147 Å². The van der Waals surface area contributed by atoms with Gasteiger partial charge in [0.15, 0.2) is 0 Å². The predicted molar refractivity (Wildman–Crippen MR) is 97.7 cm³/mol. The summed E-state index contributed by atoms with van der Waals surface area (Å²) in [4.78, 5) is 27.0. The molecule has 0 saturated heterocycles. The van der Waals surface area contributed by atoms with E-state index in [1.54, 1.807) is 0 Å². The molecule has 6 heteroatoms. The van der Waals surface area contributed by atoms with Crippen LogP contribution in [-0.2, 0) is 11.3 Å². The third-order valence-electron chi connectivity index (χ3n) is 4.69. The summed E-state index contributed by atoms with van der Waals surface area (Å²) >= 11 is 0. The monoisotopic (exact) mass is 345 g/mol. The standard InChI is InChI=1S/C19H27N3O3/c1-19(2,3)25-18(24)20-14-10-8-13(9-11-14)12-22-16-7-5-4-6-15(16)21-17(22)23/h4-7,13-14H,8-12H2,1-3H3,(H,20,24)(H,21,23). The highest BCUT2D eigenvalue weighted by Gasteiger charge is 2.25. The largest absolute Gasteiger partial charge is 0.444 e. The van der Waals surface area contributed by atoms with E-state index in [2.05, 4.69) is 10.3 Å². The lowest BCUT2D eigenvalue weighted by Crippen LogP contribution is -2.41. The fourth-order valence-electron chi connectivity index (χ4n) is 3.51. The number of alkyl carbamates (subject to hydrolysis) is 1. The van der Waals surface area contributed by atoms with E-state index in [4.69, 9.17) is 4.74 Å². The summed E-state index contributed by atoms with van der Waals surface area (Å²) < 4.78 is 7.15. The highest BCUT2D eigenvalue weighted by molar-refractivity contribution is 5.74. The molecule has 1 saturated carbocycles. The SMILES string of the molecule is CC(C)(C)OC(=O)NC1CCC(Cn2c(=O)[nH]c3ccccc32)CC1. The Morgan fingerprint density at radius 3 is 2.60 bits per heavy atom. The number of fused-ring (bicyclic) bond motifs is 1. The lowest BCUT2D eigenvalue weighted by molar-refractivity contribution is 0.0486. The van der Waals surface area contributed by atoms with Gasteiger partial charge in [0.2, 0.25) is 0 Å². The number of amides is 1. The second-order valence-electron chi connectivity index (χ2n) is 7.92. The van der Waals surface area contributed by atoms with Gasteiger partial charge in [-0.1, -0.05) is 12.1 Å². The van der Waals surface area contributed by atoms with Crippen molar-refractivity contribution in [3.8, 4) is 0 Å². The van der Waals surface area contributed by atoms with Crippen LogP contribution in [0.1, 0.15) is 46.5 Å². The molecule has 0 unspecified atom stereocenters. The normalized spacial score (nSPS) is 21.2. The number of hydrogen-bond acceptors (Lipinski definition) is 3. The molecule has 1 aliphatic rings. The Morgan fingerprint density at radius 2 is 1.92 bits per heavy atom. The zero-order valence-electron chi connectivity index (χ0n) is 15.2. The van der Waals surface area contributed by atoms with Crippen molar-refractivity contribution >= 4 is 17.1 Å². The zero-order chi connectivity index (χ0) is 18.0. The minimum Gasteiger partial charge on any atom is -0.444 e. The van der Waals surface area contributed by atoms with E-state index in [1.807, 2.05) is 49.6 Å². The molecule has 1 heterocycles. The number of carbonyl (C=O) groups is 1. The number of ether oxygens (including phenoxy) is 1. The van der Waals surface area contributed by atoms with Gasteiger partial charge in [-0.25, -0.2) is 9.59 Å². The van der Waals surface area contributed by atoms with Crippen LogP contribution in [0.4, 0.5) is 4.79 Å². The van der Waals surface area contributed by atoms with E-state index in [0.29, 0.717) is 5.92 Å². The van der Waals surface area contributed by atoms with E-state index in [1.165, 1.54) is 0 Å². The van der Waals surface area contributed by atoms with E-state index < -0.39 is 5.60 Å². The molecule has 1 aromatic carbocycles. The topological polar surface area (TPSA) is 76.1 Å². The molecule has 1 aliphatic carbocycles. The van der Waals surface area contributed by atoms with Gasteiger partial charge in [0.1, 0.15) is 5.60 Å². The van der Waals surface area contributed by atoms with Gasteiger partial charge in [-0.05, 0) is 64.5 Å². The summed E-state index contributed by atoms with van der Waals surface area (Å²) in [5, 5.41) is 2.96. The quantitative estimate of drug-likeness (QED) is 0.895. The molecule has 1 aromatic heterocycles. The number of nitrogens with zero attached hydrogens (tertiary/aromatic N) is 1. The maximum atomic E-state index is 12.2. The molecule has 2 aromatic rings. The Bertz CT molecular complexity index is 792. The number of carbonyl (C=O) groups excluding carboxylic acids is 1. The molecule has 136 valence electrons. The van der Waals surface area contributed by atoms with Crippen LogP contribution in [-0.4, -0.2) is 27.3 Å². The average molecular weight is 345 g/mol. The average Bonchev–Trinajstić information content (AvgIpc) is 2.83. The van der Waals surface area contributed by atoms with Crippen molar-refractivity contribution in [1.82, 2.24) is 14.9 Å². The van der Waals surface area contributed by atoms with Gasteiger partial charge in [-0.15, -0.1) is 0 Å². The molecule has 3 rings (SSSR count). The summed E-state index contributed by atoms with van der Waals surface area (Å²) in [6, 6.07) is 7.94. The molecule has 2 N–H and O–H groups in total. The third-order valence-corrected chi connectivity index (χ3v) is 4.69. The number of H-pyrrole nitrogens is 1. The van der Waals surface area contributed by atoms with Crippen LogP contribution in [0.25, 0.3) is 11.0 Å². The summed E-state index contributed by atoms with van der Waals surface area (Å²) in [6.45, 7) is 6.31. The molecule has 0 spiro atoms. The first-order chi connectivity index (χ1) is 11.8. The van der Waals surface area contributed by atoms with Crippen molar-refractivity contribution in [2.24, 2.45) is 5.92 Å². The molecule has 25 heavy (non-hydrogen) atoms. The Kier molecular flexibility index (Phi) is 4.88. The Morgan fingerprint density at radius 1 is 1.24 bits per heavy atom. The van der Waals surface area contributed by atoms with Crippen molar-refractivity contribution in [3.05, 3.63) is 34.7 Å². The van der Waals surface area contributed by atoms with Crippen molar-refractivity contribution in [2.45, 2.75) is 64.6 Å². The number of benzene rings is 1. The third kappa shape index (κ3) is 4.44. The van der Waals surface area contributed by atoms with Gasteiger partial charge in [-0.3, -0.25) is 4.57 Å². The molecule has 0 radical (unpaired) electrons. The summed E-state index contributed by atoms with van der Waals surface area (Å²) in [7, 11) is 0. The highest BCUT2D eigenvalue weighted by atomic mass is 16.6. The summed E-state index contributed by atoms with van der Waals surface area (Å²) in [5.74, 6) is 0.452. The van der Waals surface area contributed by atoms with Gasteiger partial charge in [-0.2, -0.15) is 0 Å². The van der Waals surface area contributed by atoms with Crippen LogP contribution >= 0.6 is 0 Å². The lowest BCUT2D eigenvalue weighted by atomic mass is 9.86. The molecule has 6 nitrogen and oxygen atoms in total. The van der Waals surface area contributed by atoms with Crippen molar-refractivity contribution < 1.29 is 9.53 Å². The van der Waals surface area contributed by atoms with E-state index in [9.17, 15) is 9.59 Å². The fraction of sp³-hybridized carbons (Fsp3) is 0.579. The van der Waals surface area contributed by atoms with Crippen molar-refractivity contribution in [2.75, 3.05) is 0 Å². The number of aromatic amines is 1. The first-order valence-electron chi connectivity index (χ1n) is 8.99. The first-order valence-corrected chi connectivity index (χ1v) is 8.99.